The number of aliphatic hydroxyl groups excluding tert-OH is 1. The highest BCUT2D eigenvalue weighted by Crippen LogP contribution is 2.23. The van der Waals surface area contributed by atoms with Crippen LogP contribution in [0.5, 0.6) is 0 Å². The predicted molar refractivity (Wildman–Crippen MR) is 67.1 cm³/mol. The Morgan fingerprint density at radius 3 is 2.24 bits per heavy atom. The van der Waals surface area contributed by atoms with E-state index in [2.05, 4.69) is 0 Å². The smallest absolute Gasteiger partial charge is 0.313 e. The molecule has 0 spiro atoms. The zero-order valence-electron chi connectivity index (χ0n) is 10.4. The Hall–Kier alpha value is -1.35. The number of aryl methyl sites for hydroxylation is 1. The summed E-state index contributed by atoms with van der Waals surface area (Å²) in [6, 6.07) is 7.69. The topological polar surface area (TPSA) is 57.5 Å². The fourth-order valence-electron chi connectivity index (χ4n) is 1.65. The lowest BCUT2D eigenvalue weighted by Crippen LogP contribution is -2.28. The molecule has 2 N–H and O–H groups in total. The van der Waals surface area contributed by atoms with Gasteiger partial charge in [-0.05, 0) is 44.2 Å². The minimum atomic E-state index is -0.844. The van der Waals surface area contributed by atoms with Crippen molar-refractivity contribution in [3.8, 4) is 0 Å². The van der Waals surface area contributed by atoms with Crippen molar-refractivity contribution in [1.29, 1.82) is 0 Å². The van der Waals surface area contributed by atoms with Gasteiger partial charge in [0.25, 0.3) is 0 Å². The molecule has 0 aliphatic carbocycles. The normalized spacial score (nSPS) is 11.5. The summed E-state index contributed by atoms with van der Waals surface area (Å²) in [6.07, 6.45) is 2.69. The van der Waals surface area contributed by atoms with E-state index in [1.165, 1.54) is 5.56 Å². The SMILES string of the molecule is CC(C)(C(=O)O)c1ccc(CCCCO)cc1. The van der Waals surface area contributed by atoms with Crippen LogP contribution in [0.25, 0.3) is 0 Å². The molecule has 0 saturated carbocycles. The molecule has 1 rings (SSSR count). The van der Waals surface area contributed by atoms with Crippen molar-refractivity contribution >= 4 is 5.97 Å². The molecular weight excluding hydrogens is 216 g/mol. The first-order valence-corrected chi connectivity index (χ1v) is 5.92. The van der Waals surface area contributed by atoms with Crippen LogP contribution in [0.3, 0.4) is 0 Å². The third-order valence-corrected chi connectivity index (χ3v) is 3.08. The van der Waals surface area contributed by atoms with Crippen LogP contribution in [0.2, 0.25) is 0 Å². The van der Waals surface area contributed by atoms with Gasteiger partial charge in [0, 0.05) is 6.61 Å². The van der Waals surface area contributed by atoms with Crippen LogP contribution >= 0.6 is 0 Å². The van der Waals surface area contributed by atoms with Crippen LogP contribution in [0.15, 0.2) is 24.3 Å². The van der Waals surface area contributed by atoms with E-state index in [4.69, 9.17) is 10.2 Å². The molecule has 17 heavy (non-hydrogen) atoms. The number of carbonyl (C=O) groups is 1. The molecule has 0 saturated heterocycles. The van der Waals surface area contributed by atoms with E-state index >= 15 is 0 Å². The Balaban J connectivity index is 2.71. The van der Waals surface area contributed by atoms with Crippen molar-refractivity contribution in [2.24, 2.45) is 0 Å². The number of carboxylic acid groups (broad SMARTS) is 1. The zero-order chi connectivity index (χ0) is 12.9. The second-order valence-electron chi connectivity index (χ2n) is 4.81. The van der Waals surface area contributed by atoms with Gasteiger partial charge >= 0.3 is 5.97 Å². The Bertz CT molecular complexity index is 366. The highest BCUT2D eigenvalue weighted by molar-refractivity contribution is 5.80. The van der Waals surface area contributed by atoms with E-state index in [1.54, 1.807) is 13.8 Å². The van der Waals surface area contributed by atoms with Crippen molar-refractivity contribution in [3.63, 3.8) is 0 Å². The minimum Gasteiger partial charge on any atom is -0.481 e. The summed E-state index contributed by atoms with van der Waals surface area (Å²) in [5, 5.41) is 17.8. The Kier molecular flexibility index (Phi) is 4.70. The maximum Gasteiger partial charge on any atom is 0.313 e. The summed E-state index contributed by atoms with van der Waals surface area (Å²) < 4.78 is 0. The number of aliphatic carboxylic acids is 1. The minimum absolute atomic E-state index is 0.226. The summed E-state index contributed by atoms with van der Waals surface area (Å²) in [6.45, 7) is 3.64. The number of hydrogen-bond acceptors (Lipinski definition) is 2. The molecule has 0 bridgehead atoms. The number of unbranched alkanes of at least 4 members (excludes halogenated alkanes) is 1. The number of aliphatic hydroxyl groups is 1. The second kappa shape index (κ2) is 5.82. The van der Waals surface area contributed by atoms with Gasteiger partial charge in [-0.2, -0.15) is 0 Å². The van der Waals surface area contributed by atoms with Gasteiger partial charge in [0.2, 0.25) is 0 Å². The molecule has 0 aliphatic heterocycles. The summed E-state index contributed by atoms with van der Waals surface area (Å²) in [5.74, 6) is -0.814. The predicted octanol–water partition coefficient (Wildman–Crippen LogP) is 2.36. The summed E-state index contributed by atoms with van der Waals surface area (Å²) in [4.78, 5) is 11.1. The second-order valence-corrected chi connectivity index (χ2v) is 4.81. The van der Waals surface area contributed by atoms with Gasteiger partial charge in [0.15, 0.2) is 0 Å². The average Bonchev–Trinajstić information content (AvgIpc) is 2.30. The maximum atomic E-state index is 11.1. The lowest BCUT2D eigenvalue weighted by Gasteiger charge is -2.19. The van der Waals surface area contributed by atoms with Crippen LogP contribution in [0, 0.1) is 0 Å². The molecule has 3 heteroatoms. The Morgan fingerprint density at radius 2 is 1.76 bits per heavy atom. The molecule has 0 atom stereocenters. The van der Waals surface area contributed by atoms with Crippen LogP contribution in [-0.4, -0.2) is 22.8 Å². The van der Waals surface area contributed by atoms with Crippen LogP contribution in [0.4, 0.5) is 0 Å². The zero-order valence-corrected chi connectivity index (χ0v) is 10.4. The van der Waals surface area contributed by atoms with E-state index in [0.29, 0.717) is 0 Å². The standard InChI is InChI=1S/C14H20O3/c1-14(2,13(16)17)12-8-6-11(7-9-12)5-3-4-10-15/h6-9,15H,3-5,10H2,1-2H3,(H,16,17). The van der Waals surface area contributed by atoms with Gasteiger partial charge < -0.3 is 10.2 Å². The molecule has 0 aliphatic rings. The van der Waals surface area contributed by atoms with E-state index in [9.17, 15) is 4.79 Å². The van der Waals surface area contributed by atoms with Gasteiger partial charge in [-0.1, -0.05) is 24.3 Å². The van der Waals surface area contributed by atoms with Gasteiger partial charge in [0.05, 0.1) is 5.41 Å². The molecule has 1 aromatic carbocycles. The fourth-order valence-corrected chi connectivity index (χ4v) is 1.65. The first kappa shape index (κ1) is 13.7. The molecule has 94 valence electrons. The molecule has 0 unspecified atom stereocenters. The lowest BCUT2D eigenvalue weighted by atomic mass is 9.84. The largest absolute Gasteiger partial charge is 0.481 e. The molecule has 1 aromatic rings. The summed E-state index contributed by atoms with van der Waals surface area (Å²) in [7, 11) is 0. The van der Waals surface area contributed by atoms with E-state index in [0.717, 1.165) is 24.8 Å². The molecule has 0 amide bonds. The fraction of sp³-hybridized carbons (Fsp3) is 0.500. The van der Waals surface area contributed by atoms with Crippen molar-refractivity contribution in [2.75, 3.05) is 6.61 Å². The number of rotatable bonds is 6. The van der Waals surface area contributed by atoms with Crippen LogP contribution in [-0.2, 0) is 16.6 Å². The number of benzene rings is 1. The average molecular weight is 236 g/mol. The molecule has 0 aromatic heterocycles. The van der Waals surface area contributed by atoms with Crippen LogP contribution < -0.4 is 0 Å². The van der Waals surface area contributed by atoms with Crippen molar-refractivity contribution in [1.82, 2.24) is 0 Å². The molecule has 0 heterocycles. The lowest BCUT2D eigenvalue weighted by molar-refractivity contribution is -0.142. The first-order chi connectivity index (χ1) is 7.98. The molecular formula is C14H20O3. The monoisotopic (exact) mass is 236 g/mol. The van der Waals surface area contributed by atoms with Gasteiger partial charge in [-0.25, -0.2) is 0 Å². The quantitative estimate of drug-likeness (QED) is 0.745. The van der Waals surface area contributed by atoms with E-state index in [-0.39, 0.29) is 6.61 Å². The summed E-state index contributed by atoms with van der Waals surface area (Å²) >= 11 is 0. The van der Waals surface area contributed by atoms with Gasteiger partial charge in [-0.3, -0.25) is 4.79 Å². The van der Waals surface area contributed by atoms with Crippen molar-refractivity contribution in [2.45, 2.75) is 38.5 Å². The van der Waals surface area contributed by atoms with Crippen molar-refractivity contribution in [3.05, 3.63) is 35.4 Å². The molecule has 0 fully saturated rings. The number of carboxylic acids is 1. The highest BCUT2D eigenvalue weighted by atomic mass is 16.4. The third kappa shape index (κ3) is 3.56. The molecule has 3 nitrogen and oxygen atoms in total. The summed E-state index contributed by atoms with van der Waals surface area (Å²) in [5.41, 5.74) is 1.16. The Morgan fingerprint density at radius 1 is 1.18 bits per heavy atom. The maximum absolute atomic E-state index is 11.1. The van der Waals surface area contributed by atoms with E-state index in [1.807, 2.05) is 24.3 Å². The highest BCUT2D eigenvalue weighted by Gasteiger charge is 2.28. The van der Waals surface area contributed by atoms with Crippen LogP contribution in [0.1, 0.15) is 37.8 Å². The van der Waals surface area contributed by atoms with Crippen molar-refractivity contribution < 1.29 is 15.0 Å². The van der Waals surface area contributed by atoms with Gasteiger partial charge in [0.1, 0.15) is 0 Å². The van der Waals surface area contributed by atoms with Gasteiger partial charge in [-0.15, -0.1) is 0 Å². The first-order valence-electron chi connectivity index (χ1n) is 5.92. The van der Waals surface area contributed by atoms with E-state index < -0.39 is 11.4 Å². The third-order valence-electron chi connectivity index (χ3n) is 3.08. The molecule has 0 radical (unpaired) electrons. The number of hydrogen-bond donors (Lipinski definition) is 2. The Labute approximate surface area is 102 Å².